The van der Waals surface area contributed by atoms with Gasteiger partial charge in [-0.15, -0.1) is 0 Å². The maximum Gasteiger partial charge on any atom is 0.305 e. The number of carbonyl (C=O) groups excluding carboxylic acids is 2. The Kier molecular flexibility index (Phi) is 10.3. The van der Waals surface area contributed by atoms with E-state index in [0.29, 0.717) is 17.1 Å². The SMILES string of the molecule is CCOC(=O)CCCCN(Cc1ccccc1F)S(=O)(=O)c1ccc(F)c(C(=O)Nc2ccc(Cl)cc2)c1. The minimum atomic E-state index is -4.29. The van der Waals surface area contributed by atoms with E-state index in [2.05, 4.69) is 5.32 Å². The van der Waals surface area contributed by atoms with Gasteiger partial charge in [-0.2, -0.15) is 4.31 Å². The standard InChI is InChI=1S/C27H27ClF2N2O5S/c1-2-37-26(33)9-5-6-16-32(18-19-7-3-4-8-24(19)29)38(35,36)22-14-15-25(30)23(17-22)27(34)31-21-12-10-20(28)11-13-21/h3-4,7-8,10-15,17H,2,5-6,9,16,18H2,1H3,(H,31,34). The van der Waals surface area contributed by atoms with E-state index >= 15 is 0 Å². The Morgan fingerprint density at radius 3 is 2.37 bits per heavy atom. The van der Waals surface area contributed by atoms with Crippen LogP contribution >= 0.6 is 11.6 Å². The molecule has 1 amide bonds. The van der Waals surface area contributed by atoms with Crippen molar-refractivity contribution in [3.05, 3.63) is 94.5 Å². The van der Waals surface area contributed by atoms with Crippen molar-refractivity contribution < 1.29 is 31.5 Å². The number of nitrogens with one attached hydrogen (secondary N) is 1. The average Bonchev–Trinajstić information content (AvgIpc) is 2.88. The molecule has 0 unspecified atom stereocenters. The summed E-state index contributed by atoms with van der Waals surface area (Å²) in [5.41, 5.74) is 0.00769. The van der Waals surface area contributed by atoms with Gasteiger partial charge in [0.05, 0.1) is 17.1 Å². The van der Waals surface area contributed by atoms with E-state index in [9.17, 15) is 26.8 Å². The highest BCUT2D eigenvalue weighted by Gasteiger charge is 2.27. The normalized spacial score (nSPS) is 11.4. The van der Waals surface area contributed by atoms with Crippen molar-refractivity contribution in [3.63, 3.8) is 0 Å². The van der Waals surface area contributed by atoms with E-state index in [4.69, 9.17) is 16.3 Å². The van der Waals surface area contributed by atoms with E-state index in [1.54, 1.807) is 13.0 Å². The van der Waals surface area contributed by atoms with Crippen molar-refractivity contribution in [2.75, 3.05) is 18.5 Å². The molecular weight excluding hydrogens is 538 g/mol. The lowest BCUT2D eigenvalue weighted by molar-refractivity contribution is -0.143. The molecule has 0 atom stereocenters. The fourth-order valence-electron chi connectivity index (χ4n) is 3.61. The van der Waals surface area contributed by atoms with Gasteiger partial charge in [-0.05, 0) is 68.3 Å². The Morgan fingerprint density at radius 1 is 0.974 bits per heavy atom. The summed E-state index contributed by atoms with van der Waals surface area (Å²) in [5, 5.41) is 2.95. The fourth-order valence-corrected chi connectivity index (χ4v) is 5.22. The zero-order valence-electron chi connectivity index (χ0n) is 20.6. The van der Waals surface area contributed by atoms with Crippen LogP contribution < -0.4 is 5.32 Å². The molecule has 3 aromatic carbocycles. The molecule has 7 nitrogen and oxygen atoms in total. The summed E-state index contributed by atoms with van der Waals surface area (Å²) in [6.45, 7) is 1.59. The van der Waals surface area contributed by atoms with Crippen LogP contribution in [0.4, 0.5) is 14.5 Å². The molecular formula is C27H27ClF2N2O5S. The molecule has 0 aliphatic heterocycles. The monoisotopic (exact) mass is 564 g/mol. The van der Waals surface area contributed by atoms with Crippen LogP contribution in [0.25, 0.3) is 0 Å². The molecule has 0 saturated carbocycles. The van der Waals surface area contributed by atoms with Gasteiger partial charge in [-0.1, -0.05) is 29.8 Å². The summed E-state index contributed by atoms with van der Waals surface area (Å²) < 4.78 is 62.1. The van der Waals surface area contributed by atoms with E-state index in [1.807, 2.05) is 0 Å². The Morgan fingerprint density at radius 2 is 1.68 bits per heavy atom. The van der Waals surface area contributed by atoms with Gasteiger partial charge in [0.25, 0.3) is 5.91 Å². The number of ether oxygens (including phenoxy) is 1. The number of rotatable bonds is 12. The van der Waals surface area contributed by atoms with Crippen molar-refractivity contribution in [2.45, 2.75) is 37.6 Å². The van der Waals surface area contributed by atoms with Crippen LogP contribution in [0.5, 0.6) is 0 Å². The first-order chi connectivity index (χ1) is 18.1. The quantitative estimate of drug-likeness (QED) is 0.222. The van der Waals surface area contributed by atoms with Crippen LogP contribution in [0.2, 0.25) is 5.02 Å². The number of hydrogen-bond acceptors (Lipinski definition) is 5. The molecule has 0 aliphatic rings. The summed E-state index contributed by atoms with van der Waals surface area (Å²) >= 11 is 5.84. The topological polar surface area (TPSA) is 92.8 Å². The van der Waals surface area contributed by atoms with E-state index in [0.717, 1.165) is 22.5 Å². The lowest BCUT2D eigenvalue weighted by atomic mass is 10.2. The van der Waals surface area contributed by atoms with Crippen LogP contribution in [-0.2, 0) is 26.1 Å². The zero-order valence-corrected chi connectivity index (χ0v) is 22.2. The van der Waals surface area contributed by atoms with Crippen molar-refractivity contribution in [2.24, 2.45) is 0 Å². The molecule has 0 bridgehead atoms. The number of anilines is 1. The first-order valence-electron chi connectivity index (χ1n) is 11.9. The third kappa shape index (κ3) is 7.83. The molecule has 202 valence electrons. The van der Waals surface area contributed by atoms with Gasteiger partial charge in [-0.25, -0.2) is 17.2 Å². The summed E-state index contributed by atoms with van der Waals surface area (Å²) in [7, 11) is -4.29. The van der Waals surface area contributed by atoms with Crippen LogP contribution in [0, 0.1) is 11.6 Å². The Hall–Kier alpha value is -3.34. The van der Waals surface area contributed by atoms with Gasteiger partial charge < -0.3 is 10.1 Å². The Bertz CT molecular complexity index is 1380. The second-order valence-electron chi connectivity index (χ2n) is 8.29. The molecule has 3 rings (SSSR count). The molecule has 11 heteroatoms. The molecule has 0 aliphatic carbocycles. The molecule has 0 saturated heterocycles. The number of halogens is 3. The maximum absolute atomic E-state index is 14.6. The first-order valence-corrected chi connectivity index (χ1v) is 13.7. The minimum absolute atomic E-state index is 0.0419. The highest BCUT2D eigenvalue weighted by molar-refractivity contribution is 7.89. The zero-order chi connectivity index (χ0) is 27.7. The van der Waals surface area contributed by atoms with E-state index in [1.165, 1.54) is 42.5 Å². The van der Waals surface area contributed by atoms with Gasteiger partial charge in [0, 0.05) is 35.8 Å². The van der Waals surface area contributed by atoms with Crippen molar-refractivity contribution in [1.82, 2.24) is 4.31 Å². The van der Waals surface area contributed by atoms with Crippen molar-refractivity contribution in [1.29, 1.82) is 0 Å². The number of nitrogens with zero attached hydrogens (tertiary/aromatic N) is 1. The largest absolute Gasteiger partial charge is 0.466 e. The molecule has 0 radical (unpaired) electrons. The number of unbranched alkanes of at least 4 members (excludes halogenated alkanes) is 1. The summed E-state index contributed by atoms with van der Waals surface area (Å²) in [4.78, 5) is 24.1. The number of sulfonamides is 1. The third-order valence-electron chi connectivity index (χ3n) is 5.57. The molecule has 0 fully saturated rings. The lowest BCUT2D eigenvalue weighted by Crippen LogP contribution is -2.32. The first kappa shape index (κ1) is 29.2. The summed E-state index contributed by atoms with van der Waals surface area (Å²) in [6.07, 6.45) is 0.741. The second-order valence-corrected chi connectivity index (χ2v) is 10.7. The second kappa shape index (κ2) is 13.5. The number of carbonyl (C=O) groups is 2. The van der Waals surface area contributed by atoms with Gasteiger partial charge in [0.2, 0.25) is 10.0 Å². The van der Waals surface area contributed by atoms with Crippen LogP contribution in [0.3, 0.4) is 0 Å². The number of esters is 1. The van der Waals surface area contributed by atoms with Gasteiger partial charge in [-0.3, -0.25) is 9.59 Å². The molecule has 3 aromatic rings. The maximum atomic E-state index is 14.6. The number of amides is 1. The minimum Gasteiger partial charge on any atom is -0.466 e. The predicted molar refractivity (Wildman–Crippen MR) is 140 cm³/mol. The number of hydrogen-bond donors (Lipinski definition) is 1. The molecule has 38 heavy (non-hydrogen) atoms. The van der Waals surface area contributed by atoms with Gasteiger partial charge >= 0.3 is 5.97 Å². The van der Waals surface area contributed by atoms with Gasteiger partial charge in [0.1, 0.15) is 11.6 Å². The van der Waals surface area contributed by atoms with Crippen molar-refractivity contribution in [3.8, 4) is 0 Å². The predicted octanol–water partition coefficient (Wildman–Crippen LogP) is 5.79. The Balaban J connectivity index is 1.86. The van der Waals surface area contributed by atoms with Crippen LogP contribution in [-0.4, -0.2) is 37.8 Å². The Labute approximate surface area is 225 Å². The lowest BCUT2D eigenvalue weighted by Gasteiger charge is -2.23. The smallest absolute Gasteiger partial charge is 0.305 e. The third-order valence-corrected chi connectivity index (χ3v) is 7.66. The average molecular weight is 565 g/mol. The summed E-state index contributed by atoms with van der Waals surface area (Å²) in [6, 6.07) is 14.8. The highest BCUT2D eigenvalue weighted by atomic mass is 35.5. The van der Waals surface area contributed by atoms with Gasteiger partial charge in [0.15, 0.2) is 0 Å². The molecule has 1 N–H and O–H groups in total. The van der Waals surface area contributed by atoms with E-state index < -0.39 is 39.1 Å². The molecule has 0 aromatic heterocycles. The van der Waals surface area contributed by atoms with Crippen molar-refractivity contribution >= 4 is 39.2 Å². The van der Waals surface area contributed by atoms with E-state index in [-0.39, 0.29) is 43.0 Å². The van der Waals surface area contributed by atoms with Crippen LogP contribution in [0.1, 0.15) is 42.1 Å². The summed E-state index contributed by atoms with van der Waals surface area (Å²) in [5.74, 6) is -2.74. The highest BCUT2D eigenvalue weighted by Crippen LogP contribution is 2.24. The van der Waals surface area contributed by atoms with Crippen LogP contribution in [0.15, 0.2) is 71.6 Å². The number of benzene rings is 3. The fraction of sp³-hybridized carbons (Fsp3) is 0.259. The molecule has 0 heterocycles. The molecule has 0 spiro atoms.